The Labute approximate surface area is 129 Å². The summed E-state index contributed by atoms with van der Waals surface area (Å²) >= 11 is 0. The molecule has 7 heteroatoms. The summed E-state index contributed by atoms with van der Waals surface area (Å²) in [6, 6.07) is 10.3. The molecule has 3 nitrogen and oxygen atoms in total. The maximum absolute atomic E-state index is 12.6. The number of halogens is 3. The second-order valence-corrected chi connectivity index (χ2v) is 4.04. The third-order valence-electron chi connectivity index (χ3n) is 2.62. The van der Waals surface area contributed by atoms with E-state index in [-0.39, 0.29) is 34.0 Å². The molecule has 1 radical (unpaired) electrons. The molecule has 21 heavy (non-hydrogen) atoms. The average molecular weight is 344 g/mol. The third kappa shape index (κ3) is 4.24. The summed E-state index contributed by atoms with van der Waals surface area (Å²) in [5, 5.41) is 13.6. The van der Waals surface area contributed by atoms with Crippen LogP contribution >= 0.6 is 0 Å². The van der Waals surface area contributed by atoms with E-state index in [0.29, 0.717) is 0 Å². The van der Waals surface area contributed by atoms with Crippen LogP contribution in [0.5, 0.6) is 0 Å². The van der Waals surface area contributed by atoms with Crippen LogP contribution in [0.25, 0.3) is 0 Å². The van der Waals surface area contributed by atoms with Crippen molar-refractivity contribution in [3.05, 3.63) is 59.7 Å². The molecule has 0 saturated heterocycles. The summed E-state index contributed by atoms with van der Waals surface area (Å²) in [5.74, 6) is -1.40. The monoisotopic (exact) mass is 343 g/mol. The molecule has 0 spiro atoms. The normalized spacial score (nSPS) is 10.6. The average Bonchev–Trinajstić information content (AvgIpc) is 2.38. The molecule has 0 unspecified atom stereocenters. The van der Waals surface area contributed by atoms with Crippen LogP contribution < -0.4 is 10.4 Å². The molecule has 1 N–H and O–H groups in total. The molecule has 0 amide bonds. The first-order valence-corrected chi connectivity index (χ1v) is 5.62. The fraction of sp³-hybridized carbons (Fsp3) is 0.0714. The fourth-order valence-electron chi connectivity index (χ4n) is 1.70. The second-order valence-electron chi connectivity index (χ2n) is 4.04. The van der Waals surface area contributed by atoms with E-state index in [9.17, 15) is 23.1 Å². The van der Waals surface area contributed by atoms with E-state index in [0.717, 1.165) is 12.1 Å². The number of anilines is 2. The number of hydrogen-bond donors (Lipinski definition) is 1. The van der Waals surface area contributed by atoms with E-state index in [4.69, 9.17) is 0 Å². The third-order valence-corrected chi connectivity index (χ3v) is 2.62. The van der Waals surface area contributed by atoms with Crippen molar-refractivity contribution in [1.82, 2.24) is 0 Å². The minimum atomic E-state index is -4.45. The van der Waals surface area contributed by atoms with Gasteiger partial charge in [0.25, 0.3) is 0 Å². The number of para-hydroxylation sites is 1. The van der Waals surface area contributed by atoms with E-state index < -0.39 is 17.7 Å². The summed E-state index contributed by atoms with van der Waals surface area (Å²) in [5.41, 5.74) is -0.612. The zero-order valence-electron chi connectivity index (χ0n) is 10.4. The zero-order chi connectivity index (χ0) is 14.8. The van der Waals surface area contributed by atoms with Gasteiger partial charge in [0.2, 0.25) is 0 Å². The standard InChI is InChI=1S/C14H10F3NO2.Cu/c15-14(16,17)9-4-3-5-10(8-9)18-12-7-2-1-6-11(12)13(19)20;/h1-8,18H,(H,19,20);/q;+2/p-1. The molecule has 2 aromatic rings. The summed E-state index contributed by atoms with van der Waals surface area (Å²) in [7, 11) is 0. The topological polar surface area (TPSA) is 52.2 Å². The first-order valence-electron chi connectivity index (χ1n) is 5.62. The SMILES string of the molecule is O=C([O-])c1ccccc1Nc1cccc(C(F)(F)F)c1.[Cu+2]. The number of carbonyl (C=O) groups is 1. The number of alkyl halides is 3. The first kappa shape index (κ1) is 17.1. The number of benzene rings is 2. The van der Waals surface area contributed by atoms with Crippen LogP contribution in [0.15, 0.2) is 48.5 Å². The molecule has 0 aliphatic carbocycles. The quantitative estimate of drug-likeness (QED) is 0.872. The maximum atomic E-state index is 12.6. The molecule has 0 aliphatic heterocycles. The van der Waals surface area contributed by atoms with Gasteiger partial charge in [0.1, 0.15) is 0 Å². The Balaban J connectivity index is 0.00000220. The number of carboxylic acid groups (broad SMARTS) is 1. The van der Waals surface area contributed by atoms with Crippen molar-refractivity contribution in [2.45, 2.75) is 6.18 Å². The van der Waals surface area contributed by atoms with Crippen LogP contribution in [0, 0.1) is 0 Å². The predicted octanol–water partition coefficient (Wildman–Crippen LogP) is 2.81. The van der Waals surface area contributed by atoms with E-state index >= 15 is 0 Å². The summed E-state index contributed by atoms with van der Waals surface area (Å²) in [6.45, 7) is 0. The number of aromatic carboxylic acids is 1. The van der Waals surface area contributed by atoms with Crippen molar-refractivity contribution in [2.75, 3.05) is 5.32 Å². The Morgan fingerprint density at radius 3 is 2.33 bits per heavy atom. The molecule has 0 bridgehead atoms. The van der Waals surface area contributed by atoms with Crippen LogP contribution in [-0.2, 0) is 23.2 Å². The molecule has 0 aromatic heterocycles. The summed E-state index contributed by atoms with van der Waals surface area (Å²) < 4.78 is 37.7. The Morgan fingerprint density at radius 1 is 1.05 bits per heavy atom. The molecule has 0 atom stereocenters. The largest absolute Gasteiger partial charge is 2.00 e. The smallest absolute Gasteiger partial charge is 0.545 e. The predicted molar refractivity (Wildman–Crippen MR) is 65.5 cm³/mol. The molecular formula is C14H9CuF3NO2+. The minimum Gasteiger partial charge on any atom is -0.545 e. The minimum absolute atomic E-state index is 0. The van der Waals surface area contributed by atoms with Crippen molar-refractivity contribution < 1.29 is 40.1 Å². The zero-order valence-corrected chi connectivity index (χ0v) is 11.3. The van der Waals surface area contributed by atoms with Crippen LogP contribution in [0.3, 0.4) is 0 Å². The number of hydrogen-bond acceptors (Lipinski definition) is 3. The van der Waals surface area contributed by atoms with E-state index in [1.165, 1.54) is 30.3 Å². The van der Waals surface area contributed by atoms with E-state index in [2.05, 4.69) is 5.32 Å². The number of rotatable bonds is 3. The van der Waals surface area contributed by atoms with Gasteiger partial charge in [-0.05, 0) is 24.3 Å². The molecule has 2 aromatic carbocycles. The van der Waals surface area contributed by atoms with Crippen molar-refractivity contribution in [1.29, 1.82) is 0 Å². The van der Waals surface area contributed by atoms with E-state index in [1.807, 2.05) is 0 Å². The van der Waals surface area contributed by atoms with Crippen molar-refractivity contribution in [2.24, 2.45) is 0 Å². The molecule has 0 saturated carbocycles. The first-order chi connectivity index (χ1) is 9.38. The molecule has 0 heterocycles. The van der Waals surface area contributed by atoms with Gasteiger partial charge < -0.3 is 15.2 Å². The molecule has 113 valence electrons. The Hall–Kier alpha value is -1.98. The summed E-state index contributed by atoms with van der Waals surface area (Å²) in [4.78, 5) is 10.9. The van der Waals surface area contributed by atoms with Crippen LogP contribution in [0.1, 0.15) is 15.9 Å². The molecular weight excluding hydrogens is 335 g/mol. The van der Waals surface area contributed by atoms with Crippen LogP contribution in [0.4, 0.5) is 24.5 Å². The van der Waals surface area contributed by atoms with Crippen molar-refractivity contribution >= 4 is 17.3 Å². The van der Waals surface area contributed by atoms with Gasteiger partial charge in [-0.25, -0.2) is 0 Å². The molecule has 0 fully saturated rings. The van der Waals surface area contributed by atoms with Gasteiger partial charge in [0, 0.05) is 16.9 Å². The van der Waals surface area contributed by atoms with Gasteiger partial charge in [0.05, 0.1) is 11.5 Å². The Bertz CT molecular complexity index is 644. The number of carbonyl (C=O) groups excluding carboxylic acids is 1. The maximum Gasteiger partial charge on any atom is 2.00 e. The molecule has 2 rings (SSSR count). The van der Waals surface area contributed by atoms with Gasteiger partial charge in [-0.3, -0.25) is 0 Å². The van der Waals surface area contributed by atoms with Crippen LogP contribution in [0.2, 0.25) is 0 Å². The van der Waals surface area contributed by atoms with Crippen molar-refractivity contribution in [3.8, 4) is 0 Å². The van der Waals surface area contributed by atoms with Gasteiger partial charge in [-0.15, -0.1) is 0 Å². The number of carboxylic acids is 1. The van der Waals surface area contributed by atoms with Gasteiger partial charge in [-0.1, -0.05) is 24.3 Å². The Kier molecular flexibility index (Phi) is 5.40. The molecule has 0 aliphatic rings. The van der Waals surface area contributed by atoms with Gasteiger partial charge in [-0.2, -0.15) is 13.2 Å². The van der Waals surface area contributed by atoms with Gasteiger partial charge >= 0.3 is 23.2 Å². The van der Waals surface area contributed by atoms with E-state index in [1.54, 1.807) is 6.07 Å². The fourth-order valence-corrected chi connectivity index (χ4v) is 1.70. The number of nitrogens with one attached hydrogen (secondary N) is 1. The van der Waals surface area contributed by atoms with Gasteiger partial charge in [0.15, 0.2) is 0 Å². The van der Waals surface area contributed by atoms with Crippen molar-refractivity contribution in [3.63, 3.8) is 0 Å². The summed E-state index contributed by atoms with van der Waals surface area (Å²) in [6.07, 6.45) is -4.45. The van der Waals surface area contributed by atoms with Crippen LogP contribution in [-0.4, -0.2) is 5.97 Å². The second kappa shape index (κ2) is 6.65. The Morgan fingerprint density at radius 2 is 1.71 bits per heavy atom.